The second-order valence-corrected chi connectivity index (χ2v) is 6.45. The van der Waals surface area contributed by atoms with E-state index in [1.807, 2.05) is 12.4 Å². The van der Waals surface area contributed by atoms with Crippen LogP contribution in [0.2, 0.25) is 0 Å². The van der Waals surface area contributed by atoms with E-state index < -0.39 is 0 Å². The first-order valence-corrected chi connectivity index (χ1v) is 8.17. The molecule has 2 aliphatic carbocycles. The molecule has 1 aromatic carbocycles. The predicted molar refractivity (Wildman–Crippen MR) is 86.1 cm³/mol. The Morgan fingerprint density at radius 3 is 2.67 bits per heavy atom. The number of nitrogens with one attached hydrogen (secondary N) is 1. The van der Waals surface area contributed by atoms with E-state index in [1.165, 1.54) is 54.4 Å². The van der Waals surface area contributed by atoms with Gasteiger partial charge in [0, 0.05) is 30.5 Å². The summed E-state index contributed by atoms with van der Waals surface area (Å²) in [6, 6.07) is 11.9. The van der Waals surface area contributed by atoms with E-state index >= 15 is 0 Å². The van der Waals surface area contributed by atoms with Gasteiger partial charge >= 0.3 is 0 Å². The highest BCUT2D eigenvalue weighted by atomic mass is 14.9. The number of benzene rings is 1. The Morgan fingerprint density at radius 2 is 1.90 bits per heavy atom. The summed E-state index contributed by atoms with van der Waals surface area (Å²) in [5.74, 6) is 0.759. The van der Waals surface area contributed by atoms with Crippen LogP contribution in [0.4, 0.5) is 0 Å². The van der Waals surface area contributed by atoms with Crippen molar-refractivity contribution in [3.8, 4) is 11.1 Å². The molecular weight excluding hydrogens is 256 g/mol. The highest BCUT2D eigenvalue weighted by Gasteiger charge is 2.23. The molecule has 0 amide bonds. The van der Waals surface area contributed by atoms with Gasteiger partial charge in [0.2, 0.25) is 0 Å². The third kappa shape index (κ3) is 2.86. The summed E-state index contributed by atoms with van der Waals surface area (Å²) in [6.45, 7) is 0.942. The molecule has 0 saturated heterocycles. The highest BCUT2D eigenvalue weighted by Crippen LogP contribution is 2.40. The van der Waals surface area contributed by atoms with Gasteiger partial charge in [-0.25, -0.2) is 0 Å². The fourth-order valence-electron chi connectivity index (χ4n) is 3.12. The minimum atomic E-state index is 0.746. The molecule has 0 unspecified atom stereocenters. The maximum atomic E-state index is 4.46. The molecule has 2 nitrogen and oxygen atoms in total. The van der Waals surface area contributed by atoms with Gasteiger partial charge in [-0.05, 0) is 54.4 Å². The topological polar surface area (TPSA) is 24.9 Å². The van der Waals surface area contributed by atoms with Gasteiger partial charge in [0.05, 0.1) is 0 Å². The number of nitrogens with zero attached hydrogens (tertiary/aromatic N) is 1. The molecule has 4 rings (SSSR count). The van der Waals surface area contributed by atoms with Crippen LogP contribution >= 0.6 is 0 Å². The van der Waals surface area contributed by atoms with Crippen LogP contribution in [0.25, 0.3) is 11.1 Å². The number of aromatic nitrogens is 1. The van der Waals surface area contributed by atoms with Gasteiger partial charge in [0.15, 0.2) is 0 Å². The van der Waals surface area contributed by atoms with Crippen LogP contribution < -0.4 is 5.32 Å². The second kappa shape index (κ2) is 5.61. The molecule has 1 heterocycles. The molecule has 1 N–H and O–H groups in total. The molecule has 2 aliphatic rings. The lowest BCUT2D eigenvalue weighted by Gasteiger charge is -2.28. The normalized spacial score (nSPS) is 18.5. The number of rotatable bonds is 5. The fraction of sp³-hybridized carbons (Fsp3) is 0.421. The maximum absolute atomic E-state index is 4.46. The summed E-state index contributed by atoms with van der Waals surface area (Å²) in [5.41, 5.74) is 5.45. The van der Waals surface area contributed by atoms with E-state index in [9.17, 15) is 0 Å². The largest absolute Gasteiger partial charge is 0.310 e. The van der Waals surface area contributed by atoms with Gasteiger partial charge in [-0.3, -0.25) is 4.98 Å². The van der Waals surface area contributed by atoms with Crippen molar-refractivity contribution in [2.45, 2.75) is 50.6 Å². The molecular formula is C19H22N2. The van der Waals surface area contributed by atoms with Crippen molar-refractivity contribution in [2.75, 3.05) is 0 Å². The first-order valence-electron chi connectivity index (χ1n) is 8.17. The van der Waals surface area contributed by atoms with Crippen molar-refractivity contribution in [2.24, 2.45) is 0 Å². The third-order valence-electron chi connectivity index (χ3n) is 4.78. The average Bonchev–Trinajstić information content (AvgIpc) is 3.29. The van der Waals surface area contributed by atoms with Gasteiger partial charge in [-0.15, -0.1) is 0 Å². The Morgan fingerprint density at radius 1 is 1.05 bits per heavy atom. The Hall–Kier alpha value is -1.67. The van der Waals surface area contributed by atoms with E-state index in [1.54, 1.807) is 0 Å². The zero-order chi connectivity index (χ0) is 14.1. The smallest absolute Gasteiger partial charge is 0.0346 e. The van der Waals surface area contributed by atoms with Crippen LogP contribution in [0.5, 0.6) is 0 Å². The van der Waals surface area contributed by atoms with E-state index in [0.29, 0.717) is 0 Å². The molecule has 21 heavy (non-hydrogen) atoms. The van der Waals surface area contributed by atoms with Gasteiger partial charge in [-0.2, -0.15) is 0 Å². The van der Waals surface area contributed by atoms with Crippen LogP contribution in [0.15, 0.2) is 42.7 Å². The van der Waals surface area contributed by atoms with Gasteiger partial charge in [-0.1, -0.05) is 30.7 Å². The summed E-state index contributed by atoms with van der Waals surface area (Å²) in [5, 5.41) is 3.57. The lowest BCUT2D eigenvalue weighted by Crippen LogP contribution is -2.15. The summed E-state index contributed by atoms with van der Waals surface area (Å²) < 4.78 is 0. The molecule has 1 aromatic heterocycles. The first-order chi connectivity index (χ1) is 10.4. The minimum absolute atomic E-state index is 0.746. The van der Waals surface area contributed by atoms with E-state index in [0.717, 1.165) is 18.5 Å². The molecule has 2 fully saturated rings. The quantitative estimate of drug-likeness (QED) is 0.883. The van der Waals surface area contributed by atoms with Crippen LogP contribution in [-0.2, 0) is 6.54 Å². The van der Waals surface area contributed by atoms with Crippen LogP contribution in [-0.4, -0.2) is 11.0 Å². The summed E-state index contributed by atoms with van der Waals surface area (Å²) >= 11 is 0. The summed E-state index contributed by atoms with van der Waals surface area (Å²) in [6.07, 6.45) is 10.7. The lowest BCUT2D eigenvalue weighted by atomic mass is 9.77. The molecule has 108 valence electrons. The zero-order valence-corrected chi connectivity index (χ0v) is 12.4. The molecule has 0 bridgehead atoms. The van der Waals surface area contributed by atoms with Crippen molar-refractivity contribution in [1.29, 1.82) is 0 Å². The highest BCUT2D eigenvalue weighted by molar-refractivity contribution is 5.68. The van der Waals surface area contributed by atoms with Gasteiger partial charge in [0.1, 0.15) is 0 Å². The predicted octanol–water partition coefficient (Wildman–Crippen LogP) is 4.27. The SMILES string of the molecule is c1ccc(C2CCC2)c(-c2cncc(CNC3CC3)c2)c1. The van der Waals surface area contributed by atoms with Crippen molar-refractivity contribution < 1.29 is 0 Å². The van der Waals surface area contributed by atoms with Crippen molar-refractivity contribution in [1.82, 2.24) is 10.3 Å². The first kappa shape index (κ1) is 13.0. The maximum Gasteiger partial charge on any atom is 0.0346 e. The Bertz CT molecular complexity index is 627. The molecule has 0 spiro atoms. The molecule has 0 aliphatic heterocycles. The Kier molecular flexibility index (Phi) is 3.48. The molecule has 2 aromatic rings. The van der Waals surface area contributed by atoms with Gasteiger partial charge < -0.3 is 5.32 Å². The monoisotopic (exact) mass is 278 g/mol. The number of hydrogen-bond donors (Lipinski definition) is 1. The summed E-state index contributed by atoms with van der Waals surface area (Å²) in [7, 11) is 0. The Labute approximate surface area is 126 Å². The van der Waals surface area contributed by atoms with Crippen LogP contribution in [0.3, 0.4) is 0 Å². The molecule has 2 heteroatoms. The van der Waals surface area contributed by atoms with Crippen LogP contribution in [0.1, 0.15) is 49.1 Å². The molecule has 2 saturated carbocycles. The van der Waals surface area contributed by atoms with E-state index in [-0.39, 0.29) is 0 Å². The molecule has 0 radical (unpaired) electrons. The molecule has 0 atom stereocenters. The zero-order valence-electron chi connectivity index (χ0n) is 12.4. The van der Waals surface area contributed by atoms with Crippen molar-refractivity contribution >= 4 is 0 Å². The Balaban J connectivity index is 1.61. The fourth-order valence-corrected chi connectivity index (χ4v) is 3.12. The number of hydrogen-bond acceptors (Lipinski definition) is 2. The standard InChI is InChI=1S/C19H22N2/c1-2-7-19(18(6-1)15-4-3-5-15)16-10-14(11-20-13-16)12-21-17-8-9-17/h1-2,6-7,10-11,13,15,17,21H,3-5,8-9,12H2. The summed E-state index contributed by atoms with van der Waals surface area (Å²) in [4.78, 5) is 4.46. The van der Waals surface area contributed by atoms with E-state index in [2.05, 4.69) is 40.6 Å². The number of pyridine rings is 1. The van der Waals surface area contributed by atoms with Crippen molar-refractivity contribution in [3.63, 3.8) is 0 Å². The average molecular weight is 278 g/mol. The minimum Gasteiger partial charge on any atom is -0.310 e. The van der Waals surface area contributed by atoms with Crippen molar-refractivity contribution in [3.05, 3.63) is 53.9 Å². The lowest BCUT2D eigenvalue weighted by molar-refractivity contribution is 0.420. The van der Waals surface area contributed by atoms with E-state index in [4.69, 9.17) is 0 Å². The third-order valence-corrected chi connectivity index (χ3v) is 4.78. The second-order valence-electron chi connectivity index (χ2n) is 6.45. The van der Waals surface area contributed by atoms with Gasteiger partial charge in [0.25, 0.3) is 0 Å². The van der Waals surface area contributed by atoms with Crippen LogP contribution in [0, 0.1) is 0 Å².